The van der Waals surface area contributed by atoms with Crippen molar-refractivity contribution in [3.8, 4) is 0 Å². The first kappa shape index (κ1) is 17.3. The lowest BCUT2D eigenvalue weighted by Gasteiger charge is -2.10. The highest BCUT2D eigenvalue weighted by Crippen LogP contribution is 2.22. The summed E-state index contributed by atoms with van der Waals surface area (Å²) in [5, 5.41) is 10.3. The number of carbonyl (C=O) groups is 1. The van der Waals surface area contributed by atoms with Crippen LogP contribution in [0.15, 0.2) is 22.7 Å². The highest BCUT2D eigenvalue weighted by Gasteiger charge is 2.12. The Hall–Kier alpha value is -2.05. The summed E-state index contributed by atoms with van der Waals surface area (Å²) in [7, 11) is 1.58. The molecule has 1 aromatic carbocycles. The molecule has 0 spiro atoms. The smallest absolute Gasteiger partial charge is 0.252 e. The second-order valence-corrected chi connectivity index (χ2v) is 5.51. The van der Waals surface area contributed by atoms with E-state index in [9.17, 15) is 4.79 Å². The third-order valence-electron chi connectivity index (χ3n) is 3.46. The number of methoxy groups -OCH3 is 1. The third-order valence-corrected chi connectivity index (χ3v) is 3.77. The van der Waals surface area contributed by atoms with E-state index in [0.29, 0.717) is 30.3 Å². The molecule has 0 saturated carbocycles. The molecule has 0 radical (unpaired) electrons. The first-order valence-electron chi connectivity index (χ1n) is 7.25. The molecule has 0 aliphatic heterocycles. The van der Waals surface area contributed by atoms with Crippen molar-refractivity contribution in [3.63, 3.8) is 0 Å². The Kier molecular flexibility index (Phi) is 6.01. The molecule has 2 aromatic rings. The van der Waals surface area contributed by atoms with E-state index in [1.807, 2.05) is 19.9 Å². The van der Waals surface area contributed by atoms with Crippen molar-refractivity contribution in [1.82, 2.24) is 10.5 Å². The number of aryl methyl sites for hydroxylation is 2. The van der Waals surface area contributed by atoms with Gasteiger partial charge in [0.15, 0.2) is 0 Å². The SMILES string of the molecule is COCCNC(=O)c1ccc(NCc2c(C)noc2C)cc1Cl. The number of benzene rings is 1. The van der Waals surface area contributed by atoms with Crippen LogP contribution in [0.4, 0.5) is 5.69 Å². The van der Waals surface area contributed by atoms with Gasteiger partial charge in [0, 0.05) is 31.5 Å². The number of hydrogen-bond donors (Lipinski definition) is 2. The van der Waals surface area contributed by atoms with Gasteiger partial charge >= 0.3 is 0 Å². The molecule has 0 saturated heterocycles. The fourth-order valence-corrected chi connectivity index (χ4v) is 2.38. The molecular weight excluding hydrogens is 318 g/mol. The molecule has 1 amide bonds. The predicted molar refractivity (Wildman–Crippen MR) is 89.0 cm³/mol. The normalized spacial score (nSPS) is 10.6. The number of carbonyl (C=O) groups excluding carboxylic acids is 1. The number of anilines is 1. The van der Waals surface area contributed by atoms with E-state index in [4.69, 9.17) is 20.9 Å². The lowest BCUT2D eigenvalue weighted by atomic mass is 10.1. The van der Waals surface area contributed by atoms with Gasteiger partial charge < -0.3 is 19.9 Å². The molecule has 1 aromatic heterocycles. The molecule has 0 atom stereocenters. The zero-order chi connectivity index (χ0) is 16.8. The zero-order valence-corrected chi connectivity index (χ0v) is 14.2. The van der Waals surface area contributed by atoms with Gasteiger partial charge in [0.05, 0.1) is 22.9 Å². The number of nitrogens with one attached hydrogen (secondary N) is 2. The standard InChI is InChI=1S/C16H20ClN3O3/c1-10-14(11(2)23-20-10)9-19-12-4-5-13(15(17)8-12)16(21)18-6-7-22-3/h4-5,8,19H,6-7,9H2,1-3H3,(H,18,21). The quantitative estimate of drug-likeness (QED) is 0.760. The van der Waals surface area contributed by atoms with Crippen LogP contribution in [0.1, 0.15) is 27.4 Å². The van der Waals surface area contributed by atoms with Crippen LogP contribution in [0.2, 0.25) is 5.02 Å². The lowest BCUT2D eigenvalue weighted by Crippen LogP contribution is -2.27. The minimum Gasteiger partial charge on any atom is -0.383 e. The number of rotatable bonds is 7. The molecule has 124 valence electrons. The van der Waals surface area contributed by atoms with Crippen molar-refractivity contribution in [2.24, 2.45) is 0 Å². The van der Waals surface area contributed by atoms with Crippen LogP contribution in [0, 0.1) is 13.8 Å². The van der Waals surface area contributed by atoms with Gasteiger partial charge in [-0.1, -0.05) is 16.8 Å². The topological polar surface area (TPSA) is 76.4 Å². The number of hydrogen-bond acceptors (Lipinski definition) is 5. The van der Waals surface area contributed by atoms with Crippen LogP contribution < -0.4 is 10.6 Å². The molecule has 23 heavy (non-hydrogen) atoms. The van der Waals surface area contributed by atoms with Gasteiger partial charge in [-0.05, 0) is 32.0 Å². The Bertz CT molecular complexity index is 666. The van der Waals surface area contributed by atoms with Gasteiger partial charge in [0.2, 0.25) is 0 Å². The Morgan fingerprint density at radius 1 is 1.39 bits per heavy atom. The van der Waals surface area contributed by atoms with Crippen molar-refractivity contribution < 1.29 is 14.1 Å². The summed E-state index contributed by atoms with van der Waals surface area (Å²) in [5.74, 6) is 0.569. The van der Waals surface area contributed by atoms with Crippen molar-refractivity contribution in [2.45, 2.75) is 20.4 Å². The van der Waals surface area contributed by atoms with Crippen molar-refractivity contribution in [1.29, 1.82) is 0 Å². The highest BCUT2D eigenvalue weighted by atomic mass is 35.5. The van der Waals surface area contributed by atoms with Gasteiger partial charge in [-0.3, -0.25) is 4.79 Å². The van der Waals surface area contributed by atoms with E-state index in [1.165, 1.54) is 0 Å². The maximum absolute atomic E-state index is 12.0. The largest absolute Gasteiger partial charge is 0.383 e. The lowest BCUT2D eigenvalue weighted by molar-refractivity contribution is 0.0937. The van der Waals surface area contributed by atoms with Crippen LogP contribution >= 0.6 is 11.6 Å². The number of halogens is 1. The number of ether oxygens (including phenoxy) is 1. The summed E-state index contributed by atoms with van der Waals surface area (Å²) >= 11 is 6.20. The molecule has 0 bridgehead atoms. The molecule has 0 aliphatic rings. The summed E-state index contributed by atoms with van der Waals surface area (Å²) in [6.45, 7) is 5.25. The summed E-state index contributed by atoms with van der Waals surface area (Å²) in [6, 6.07) is 5.24. The summed E-state index contributed by atoms with van der Waals surface area (Å²) in [5.41, 5.74) is 3.13. The predicted octanol–water partition coefficient (Wildman–Crippen LogP) is 2.93. The number of nitrogens with zero attached hydrogens (tertiary/aromatic N) is 1. The summed E-state index contributed by atoms with van der Waals surface area (Å²) in [6.07, 6.45) is 0. The molecule has 0 fully saturated rings. The van der Waals surface area contributed by atoms with Crippen molar-refractivity contribution >= 4 is 23.2 Å². The van der Waals surface area contributed by atoms with E-state index < -0.39 is 0 Å². The van der Waals surface area contributed by atoms with E-state index in [2.05, 4.69) is 15.8 Å². The minimum atomic E-state index is -0.218. The van der Waals surface area contributed by atoms with Crippen LogP contribution in [-0.2, 0) is 11.3 Å². The first-order valence-corrected chi connectivity index (χ1v) is 7.63. The Morgan fingerprint density at radius 3 is 2.78 bits per heavy atom. The molecule has 2 N–H and O–H groups in total. The minimum absolute atomic E-state index is 0.218. The van der Waals surface area contributed by atoms with Crippen molar-refractivity contribution in [2.75, 3.05) is 25.6 Å². The fraction of sp³-hybridized carbons (Fsp3) is 0.375. The van der Waals surface area contributed by atoms with Crippen LogP contribution in [-0.4, -0.2) is 31.3 Å². The van der Waals surface area contributed by atoms with E-state index in [0.717, 1.165) is 22.7 Å². The van der Waals surface area contributed by atoms with Crippen LogP contribution in [0.5, 0.6) is 0 Å². The van der Waals surface area contributed by atoms with Crippen LogP contribution in [0.3, 0.4) is 0 Å². The van der Waals surface area contributed by atoms with Gasteiger partial charge in [0.25, 0.3) is 5.91 Å². The third kappa shape index (κ3) is 4.46. The van der Waals surface area contributed by atoms with Crippen LogP contribution in [0.25, 0.3) is 0 Å². The molecule has 2 rings (SSSR count). The fourth-order valence-electron chi connectivity index (χ4n) is 2.12. The zero-order valence-electron chi connectivity index (χ0n) is 13.4. The average Bonchev–Trinajstić information content (AvgIpc) is 2.84. The molecular formula is C16H20ClN3O3. The van der Waals surface area contributed by atoms with E-state index >= 15 is 0 Å². The van der Waals surface area contributed by atoms with E-state index in [-0.39, 0.29) is 5.91 Å². The molecule has 1 heterocycles. The Labute approximate surface area is 140 Å². The number of amides is 1. The second kappa shape index (κ2) is 7.99. The first-order chi connectivity index (χ1) is 11.0. The Morgan fingerprint density at radius 2 is 2.17 bits per heavy atom. The monoisotopic (exact) mass is 337 g/mol. The second-order valence-electron chi connectivity index (χ2n) is 5.10. The van der Waals surface area contributed by atoms with Gasteiger partial charge in [-0.25, -0.2) is 0 Å². The Balaban J connectivity index is 2.00. The molecule has 6 nitrogen and oxygen atoms in total. The average molecular weight is 338 g/mol. The van der Waals surface area contributed by atoms with Crippen molar-refractivity contribution in [3.05, 3.63) is 45.8 Å². The maximum atomic E-state index is 12.0. The van der Waals surface area contributed by atoms with Gasteiger partial charge in [-0.15, -0.1) is 0 Å². The molecule has 0 aliphatic carbocycles. The summed E-state index contributed by atoms with van der Waals surface area (Å²) in [4.78, 5) is 12.0. The summed E-state index contributed by atoms with van der Waals surface area (Å²) < 4.78 is 10.0. The molecule has 7 heteroatoms. The maximum Gasteiger partial charge on any atom is 0.252 e. The van der Waals surface area contributed by atoms with Gasteiger partial charge in [-0.2, -0.15) is 0 Å². The number of aromatic nitrogens is 1. The molecule has 0 unspecified atom stereocenters. The highest BCUT2D eigenvalue weighted by molar-refractivity contribution is 6.34. The van der Waals surface area contributed by atoms with E-state index in [1.54, 1.807) is 19.2 Å². The van der Waals surface area contributed by atoms with Gasteiger partial charge in [0.1, 0.15) is 5.76 Å².